The highest BCUT2D eigenvalue weighted by molar-refractivity contribution is 7.25. The van der Waals surface area contributed by atoms with Gasteiger partial charge in [-0.3, -0.25) is 9.69 Å². The number of aromatic nitrogens is 3. The Hall–Kier alpha value is -1.99. The van der Waals surface area contributed by atoms with Gasteiger partial charge < -0.3 is 9.72 Å². The zero-order chi connectivity index (χ0) is 16.1. The van der Waals surface area contributed by atoms with Gasteiger partial charge >= 0.3 is 0 Å². The smallest absolute Gasteiger partial charge is 0.279 e. The van der Waals surface area contributed by atoms with Crippen molar-refractivity contribution in [3.05, 3.63) is 27.8 Å². The molecule has 24 heavy (non-hydrogen) atoms. The molecule has 2 aliphatic rings. The third-order valence-electron chi connectivity index (χ3n) is 5.09. The number of anilines is 1. The van der Waals surface area contributed by atoms with E-state index in [0.29, 0.717) is 0 Å². The molecule has 0 bridgehead atoms. The Morgan fingerprint density at radius 2 is 2.00 bits per heavy atom. The van der Waals surface area contributed by atoms with Crippen molar-refractivity contribution in [2.24, 2.45) is 0 Å². The molecule has 6 nitrogen and oxygen atoms in total. The van der Waals surface area contributed by atoms with Crippen molar-refractivity contribution in [1.29, 1.82) is 0 Å². The summed E-state index contributed by atoms with van der Waals surface area (Å²) in [5, 5.41) is 1.16. The lowest BCUT2D eigenvalue weighted by Crippen LogP contribution is -2.40. The zero-order valence-electron chi connectivity index (χ0n) is 13.4. The van der Waals surface area contributed by atoms with Crippen LogP contribution in [0.25, 0.3) is 20.4 Å². The van der Waals surface area contributed by atoms with Gasteiger partial charge in [-0.25, -0.2) is 9.97 Å². The molecule has 4 heterocycles. The summed E-state index contributed by atoms with van der Waals surface area (Å²) >= 11 is 1.52. The second kappa shape index (κ2) is 5.53. The molecule has 7 heteroatoms. The van der Waals surface area contributed by atoms with Crippen LogP contribution in [0.4, 0.5) is 5.82 Å². The molecule has 1 aliphatic carbocycles. The van der Waals surface area contributed by atoms with E-state index in [1.54, 1.807) is 0 Å². The predicted molar refractivity (Wildman–Crippen MR) is 94.0 cm³/mol. The minimum atomic E-state index is -0.0490. The summed E-state index contributed by atoms with van der Waals surface area (Å²) in [6, 6.07) is 0. The molecule has 124 valence electrons. The molecule has 3 aromatic rings. The lowest BCUT2D eigenvalue weighted by molar-refractivity contribution is -0.328. The fourth-order valence-electron chi connectivity index (χ4n) is 3.97. The van der Waals surface area contributed by atoms with E-state index in [-0.39, 0.29) is 5.56 Å². The molecule has 3 aromatic heterocycles. The van der Waals surface area contributed by atoms with Crippen molar-refractivity contribution in [1.82, 2.24) is 9.97 Å². The molecule has 0 saturated carbocycles. The number of ether oxygens (including phenoxy) is 1. The summed E-state index contributed by atoms with van der Waals surface area (Å²) in [7, 11) is 0. The van der Waals surface area contributed by atoms with E-state index in [4.69, 9.17) is 4.74 Å². The topological polar surface area (TPSA) is 72.4 Å². The normalized spacial score (nSPS) is 18.2. The number of fused-ring (bicyclic) bond motifs is 5. The standard InChI is InChI=1S/C17H18N4O2S/c22-16-14-13(18-9-19-16)12-10-3-1-2-4-11(10)15(20-17(12)24-14)21-5-7-23-8-6-21/h9H,1-8H2,(H,18,19,22)/p+1. The maximum atomic E-state index is 12.2. The van der Waals surface area contributed by atoms with E-state index in [1.807, 2.05) is 0 Å². The van der Waals surface area contributed by atoms with Crippen LogP contribution in [0.15, 0.2) is 11.1 Å². The molecule has 1 fully saturated rings. The third-order valence-corrected chi connectivity index (χ3v) is 6.19. The van der Waals surface area contributed by atoms with Crippen molar-refractivity contribution >= 4 is 37.6 Å². The molecule has 2 N–H and O–H groups in total. The number of hydrogen-bond donors (Lipinski definition) is 1. The molecule has 0 spiro atoms. The molecule has 5 rings (SSSR count). The van der Waals surface area contributed by atoms with Crippen molar-refractivity contribution in [2.75, 3.05) is 31.2 Å². The SMILES string of the molecule is O=c1[nH]cnc2c1sc1[nH+]c(N3CCOCC3)c3c(c12)CCCC3. The second-order valence-corrected chi connectivity index (χ2v) is 7.47. The lowest BCUT2D eigenvalue weighted by atomic mass is 9.90. The lowest BCUT2D eigenvalue weighted by Gasteiger charge is -2.25. The Morgan fingerprint density at radius 1 is 1.21 bits per heavy atom. The Balaban J connectivity index is 1.83. The Morgan fingerprint density at radius 3 is 2.83 bits per heavy atom. The Labute approximate surface area is 142 Å². The molecule has 0 amide bonds. The first-order valence-electron chi connectivity index (χ1n) is 8.52. The number of rotatable bonds is 1. The van der Waals surface area contributed by atoms with Crippen molar-refractivity contribution in [2.45, 2.75) is 25.7 Å². The molecular formula is C17H19N4O2S+. The van der Waals surface area contributed by atoms with Crippen LogP contribution >= 0.6 is 11.3 Å². The highest BCUT2D eigenvalue weighted by Gasteiger charge is 2.30. The van der Waals surface area contributed by atoms with Crippen LogP contribution in [-0.4, -0.2) is 36.3 Å². The first-order chi connectivity index (χ1) is 11.8. The molecule has 1 saturated heterocycles. The Bertz CT molecular complexity index is 988. The van der Waals surface area contributed by atoms with Crippen molar-refractivity contribution < 1.29 is 9.72 Å². The van der Waals surface area contributed by atoms with Crippen LogP contribution in [-0.2, 0) is 17.6 Å². The molecular weight excluding hydrogens is 324 g/mol. The number of aryl methyl sites for hydroxylation is 1. The highest BCUT2D eigenvalue weighted by atomic mass is 32.1. The number of thiophene rings is 1. The van der Waals surface area contributed by atoms with Gasteiger partial charge in [0.05, 0.1) is 24.9 Å². The first kappa shape index (κ1) is 14.4. The van der Waals surface area contributed by atoms with E-state index in [2.05, 4.69) is 19.9 Å². The average molecular weight is 343 g/mol. The summed E-state index contributed by atoms with van der Waals surface area (Å²) in [5.74, 6) is 1.23. The summed E-state index contributed by atoms with van der Waals surface area (Å²) in [4.78, 5) is 26.5. The predicted octanol–water partition coefficient (Wildman–Crippen LogP) is 1.67. The van der Waals surface area contributed by atoms with E-state index in [0.717, 1.165) is 59.6 Å². The van der Waals surface area contributed by atoms with Crippen LogP contribution in [0.5, 0.6) is 0 Å². The van der Waals surface area contributed by atoms with Gasteiger partial charge in [0.1, 0.15) is 23.3 Å². The fourth-order valence-corrected chi connectivity index (χ4v) is 5.05. The summed E-state index contributed by atoms with van der Waals surface area (Å²) < 4.78 is 6.23. The molecule has 0 radical (unpaired) electrons. The maximum absolute atomic E-state index is 12.2. The van der Waals surface area contributed by atoms with Crippen molar-refractivity contribution in [3.8, 4) is 0 Å². The van der Waals surface area contributed by atoms with Gasteiger partial charge in [-0.2, -0.15) is 0 Å². The number of aromatic amines is 2. The van der Waals surface area contributed by atoms with Crippen LogP contribution in [0.2, 0.25) is 0 Å². The number of nitrogens with one attached hydrogen (secondary N) is 2. The summed E-state index contributed by atoms with van der Waals surface area (Å²) in [5.41, 5.74) is 3.60. The van der Waals surface area contributed by atoms with E-state index in [9.17, 15) is 4.79 Å². The fraction of sp³-hybridized carbons (Fsp3) is 0.471. The summed E-state index contributed by atoms with van der Waals surface area (Å²) in [6.45, 7) is 3.37. The Kier molecular flexibility index (Phi) is 3.31. The second-order valence-electron chi connectivity index (χ2n) is 6.45. The van der Waals surface area contributed by atoms with E-state index < -0.39 is 0 Å². The summed E-state index contributed by atoms with van der Waals surface area (Å²) in [6.07, 6.45) is 6.10. The number of pyridine rings is 1. The first-order valence-corrected chi connectivity index (χ1v) is 9.34. The number of hydrogen-bond acceptors (Lipinski definition) is 5. The van der Waals surface area contributed by atoms with Gasteiger partial charge in [0.25, 0.3) is 11.4 Å². The maximum Gasteiger partial charge on any atom is 0.279 e. The van der Waals surface area contributed by atoms with Gasteiger partial charge in [0, 0.05) is 5.56 Å². The molecule has 0 unspecified atom stereocenters. The largest absolute Gasteiger partial charge is 0.373 e. The monoisotopic (exact) mass is 343 g/mol. The van der Waals surface area contributed by atoms with E-state index >= 15 is 0 Å². The minimum absolute atomic E-state index is 0.0490. The highest BCUT2D eigenvalue weighted by Crippen LogP contribution is 2.38. The van der Waals surface area contributed by atoms with Crippen molar-refractivity contribution in [3.63, 3.8) is 0 Å². The number of nitrogens with zero attached hydrogens (tertiary/aromatic N) is 2. The average Bonchev–Trinajstić information content (AvgIpc) is 3.02. The zero-order valence-corrected chi connectivity index (χ0v) is 14.2. The van der Waals surface area contributed by atoms with Crippen LogP contribution in [0.3, 0.4) is 0 Å². The molecule has 1 aliphatic heterocycles. The van der Waals surface area contributed by atoms with Crippen LogP contribution in [0.1, 0.15) is 24.0 Å². The number of morpholine rings is 1. The van der Waals surface area contributed by atoms with Crippen LogP contribution < -0.4 is 15.4 Å². The number of H-pyrrole nitrogens is 2. The minimum Gasteiger partial charge on any atom is -0.373 e. The van der Waals surface area contributed by atoms with Gasteiger partial charge in [-0.1, -0.05) is 11.3 Å². The van der Waals surface area contributed by atoms with Crippen LogP contribution in [0, 0.1) is 0 Å². The van der Waals surface area contributed by atoms with Gasteiger partial charge in [0.15, 0.2) is 4.83 Å². The van der Waals surface area contributed by atoms with Gasteiger partial charge in [-0.15, -0.1) is 0 Å². The van der Waals surface area contributed by atoms with Gasteiger partial charge in [0.2, 0.25) is 0 Å². The van der Waals surface area contributed by atoms with E-state index in [1.165, 1.54) is 47.5 Å². The third kappa shape index (κ3) is 2.08. The quantitative estimate of drug-likeness (QED) is 0.729. The molecule has 0 atom stereocenters. The van der Waals surface area contributed by atoms with Gasteiger partial charge in [-0.05, 0) is 31.2 Å². The molecule has 0 aromatic carbocycles.